The average Bonchev–Trinajstić information content (AvgIpc) is 2.60. The molecule has 1 fully saturated rings. The molecule has 2 amide bonds. The zero-order valence-corrected chi connectivity index (χ0v) is 16.1. The van der Waals surface area contributed by atoms with Crippen LogP contribution in [0.25, 0.3) is 0 Å². The first kappa shape index (κ1) is 19.3. The van der Waals surface area contributed by atoms with Crippen LogP contribution in [-0.2, 0) is 4.79 Å². The minimum Gasteiger partial charge on any atom is -0.371 e. The highest BCUT2D eigenvalue weighted by molar-refractivity contribution is 5.99. The molecule has 1 aliphatic heterocycles. The third kappa shape index (κ3) is 4.74. The summed E-state index contributed by atoms with van der Waals surface area (Å²) in [4.78, 5) is 28.8. The van der Waals surface area contributed by atoms with Gasteiger partial charge in [0.05, 0.1) is 5.56 Å². The maximum absolute atomic E-state index is 12.6. The normalized spacial score (nSPS) is 15.8. The lowest BCUT2D eigenvalue weighted by molar-refractivity contribution is -0.129. The Morgan fingerprint density at radius 2 is 1.80 bits per heavy atom. The molecule has 0 saturated carbocycles. The highest BCUT2D eigenvalue weighted by atomic mass is 16.2. The van der Waals surface area contributed by atoms with E-state index in [4.69, 9.17) is 0 Å². The van der Waals surface area contributed by atoms with Crippen LogP contribution in [0.2, 0.25) is 0 Å². The fourth-order valence-electron chi connectivity index (χ4n) is 2.95. The number of nitrogens with one attached hydrogen (secondary N) is 1. The second-order valence-electron chi connectivity index (χ2n) is 7.82. The van der Waals surface area contributed by atoms with Crippen LogP contribution >= 0.6 is 0 Å². The molecule has 1 saturated heterocycles. The van der Waals surface area contributed by atoms with E-state index in [0.717, 1.165) is 37.2 Å². The lowest BCUT2D eigenvalue weighted by Crippen LogP contribution is -2.48. The van der Waals surface area contributed by atoms with Crippen molar-refractivity contribution in [2.45, 2.75) is 46.6 Å². The van der Waals surface area contributed by atoms with Gasteiger partial charge in [-0.15, -0.1) is 0 Å². The second kappa shape index (κ2) is 7.89. The van der Waals surface area contributed by atoms with Crippen LogP contribution in [0.15, 0.2) is 24.3 Å². The second-order valence-corrected chi connectivity index (χ2v) is 7.82. The Morgan fingerprint density at radius 1 is 1.20 bits per heavy atom. The van der Waals surface area contributed by atoms with Crippen LogP contribution in [0.4, 0.5) is 5.69 Å². The Balaban J connectivity index is 2.04. The number of piperidine rings is 1. The minimum absolute atomic E-state index is 0.0567. The number of rotatable bonds is 4. The van der Waals surface area contributed by atoms with E-state index >= 15 is 0 Å². The smallest absolute Gasteiger partial charge is 0.255 e. The van der Waals surface area contributed by atoms with E-state index in [9.17, 15) is 9.59 Å². The van der Waals surface area contributed by atoms with Crippen LogP contribution in [-0.4, -0.2) is 49.4 Å². The van der Waals surface area contributed by atoms with Gasteiger partial charge < -0.3 is 15.1 Å². The summed E-state index contributed by atoms with van der Waals surface area (Å²) in [5, 5.41) is 3.15. The van der Waals surface area contributed by atoms with Crippen LogP contribution in [0, 0.1) is 5.41 Å². The quantitative estimate of drug-likeness (QED) is 0.913. The van der Waals surface area contributed by atoms with Gasteiger partial charge in [0.1, 0.15) is 0 Å². The Kier molecular flexibility index (Phi) is 6.09. The van der Waals surface area contributed by atoms with Gasteiger partial charge in [-0.05, 0) is 31.9 Å². The van der Waals surface area contributed by atoms with Gasteiger partial charge >= 0.3 is 0 Å². The third-order valence-corrected chi connectivity index (χ3v) is 4.81. The maximum Gasteiger partial charge on any atom is 0.255 e. The highest BCUT2D eigenvalue weighted by Crippen LogP contribution is 2.25. The Labute approximate surface area is 151 Å². The molecule has 0 unspecified atom stereocenters. The van der Waals surface area contributed by atoms with E-state index in [1.807, 2.05) is 59.0 Å². The summed E-state index contributed by atoms with van der Waals surface area (Å²) in [5.41, 5.74) is 1.39. The molecule has 1 aromatic carbocycles. The molecule has 5 heteroatoms. The van der Waals surface area contributed by atoms with Crippen LogP contribution in [0.5, 0.6) is 0 Å². The first-order chi connectivity index (χ1) is 11.7. The maximum atomic E-state index is 12.6. The van der Waals surface area contributed by atoms with Crippen molar-refractivity contribution >= 4 is 17.5 Å². The third-order valence-electron chi connectivity index (χ3n) is 4.81. The summed E-state index contributed by atoms with van der Waals surface area (Å²) < 4.78 is 0. The Morgan fingerprint density at radius 3 is 2.36 bits per heavy atom. The van der Waals surface area contributed by atoms with Crippen molar-refractivity contribution in [2.75, 3.05) is 31.6 Å². The number of amides is 2. The van der Waals surface area contributed by atoms with Crippen LogP contribution in [0.3, 0.4) is 0 Å². The number of hydrogen-bond acceptors (Lipinski definition) is 3. The van der Waals surface area contributed by atoms with Crippen molar-refractivity contribution in [1.82, 2.24) is 10.2 Å². The zero-order chi connectivity index (χ0) is 18.6. The first-order valence-corrected chi connectivity index (χ1v) is 9.14. The topological polar surface area (TPSA) is 52.7 Å². The molecule has 0 bridgehead atoms. The molecule has 5 nitrogen and oxygen atoms in total. The summed E-state index contributed by atoms with van der Waals surface area (Å²) in [5.74, 6) is 0.160. The molecule has 0 radical (unpaired) electrons. The molecular weight excluding hydrogens is 314 g/mol. The summed E-state index contributed by atoms with van der Waals surface area (Å²) in [7, 11) is 1.83. The predicted octanol–water partition coefficient (Wildman–Crippen LogP) is 2.91. The largest absolute Gasteiger partial charge is 0.371 e. The summed E-state index contributed by atoms with van der Waals surface area (Å²) >= 11 is 0. The van der Waals surface area contributed by atoms with Crippen molar-refractivity contribution < 1.29 is 9.59 Å². The number of hydrogen-bond donors (Lipinski definition) is 1. The van der Waals surface area contributed by atoms with Crippen molar-refractivity contribution in [3.8, 4) is 0 Å². The summed E-state index contributed by atoms with van der Waals surface area (Å²) in [6, 6.07) is 8.02. The van der Waals surface area contributed by atoms with Gasteiger partial charge in [-0.1, -0.05) is 32.9 Å². The van der Waals surface area contributed by atoms with E-state index in [1.165, 1.54) is 0 Å². The molecule has 0 atom stereocenters. The molecule has 1 aromatic rings. The van der Waals surface area contributed by atoms with Gasteiger partial charge in [-0.2, -0.15) is 0 Å². The van der Waals surface area contributed by atoms with Crippen molar-refractivity contribution in [2.24, 2.45) is 5.41 Å². The molecule has 0 spiro atoms. The van der Waals surface area contributed by atoms with Gasteiger partial charge in [0.15, 0.2) is 0 Å². The first-order valence-electron chi connectivity index (χ1n) is 9.14. The van der Waals surface area contributed by atoms with E-state index in [-0.39, 0.29) is 23.3 Å². The number of anilines is 1. The van der Waals surface area contributed by atoms with E-state index in [2.05, 4.69) is 10.2 Å². The number of carbonyl (C=O) groups is 2. The Bertz CT molecular complexity index is 614. The number of carbonyl (C=O) groups excluding carboxylic acids is 2. The van der Waals surface area contributed by atoms with Gasteiger partial charge in [-0.25, -0.2) is 0 Å². The minimum atomic E-state index is -0.360. The summed E-state index contributed by atoms with van der Waals surface area (Å²) in [6.07, 6.45) is 1.79. The van der Waals surface area contributed by atoms with E-state index in [1.54, 1.807) is 4.90 Å². The highest BCUT2D eigenvalue weighted by Gasteiger charge is 2.27. The van der Waals surface area contributed by atoms with E-state index in [0.29, 0.717) is 6.54 Å². The SMILES string of the molecule is CCN(C)C(=O)c1ccccc1N1CCC(NC(=O)C(C)(C)C)CC1. The van der Waals surface area contributed by atoms with Crippen molar-refractivity contribution in [3.05, 3.63) is 29.8 Å². The molecule has 2 rings (SSSR count). The summed E-state index contributed by atoms with van der Waals surface area (Å²) in [6.45, 7) is 10.2. The molecule has 1 heterocycles. The average molecular weight is 345 g/mol. The lowest BCUT2D eigenvalue weighted by Gasteiger charge is -2.36. The van der Waals surface area contributed by atoms with Crippen molar-refractivity contribution in [1.29, 1.82) is 0 Å². The molecule has 0 aliphatic carbocycles. The molecule has 1 N–H and O–H groups in total. The van der Waals surface area contributed by atoms with Gasteiger partial charge in [-0.3, -0.25) is 9.59 Å². The van der Waals surface area contributed by atoms with Gasteiger partial charge in [0.2, 0.25) is 5.91 Å². The molecule has 0 aromatic heterocycles. The fourth-order valence-corrected chi connectivity index (χ4v) is 2.95. The van der Waals surface area contributed by atoms with Crippen molar-refractivity contribution in [3.63, 3.8) is 0 Å². The molecule has 25 heavy (non-hydrogen) atoms. The zero-order valence-electron chi connectivity index (χ0n) is 16.1. The fraction of sp³-hybridized carbons (Fsp3) is 0.600. The van der Waals surface area contributed by atoms with E-state index < -0.39 is 0 Å². The lowest BCUT2D eigenvalue weighted by atomic mass is 9.94. The Hall–Kier alpha value is -2.04. The van der Waals surface area contributed by atoms with Crippen LogP contribution < -0.4 is 10.2 Å². The van der Waals surface area contributed by atoms with Crippen LogP contribution in [0.1, 0.15) is 50.9 Å². The molecule has 138 valence electrons. The van der Waals surface area contributed by atoms with Gasteiger partial charge in [0.25, 0.3) is 5.91 Å². The predicted molar refractivity (Wildman–Crippen MR) is 102 cm³/mol. The molecular formula is C20H31N3O2. The van der Waals surface area contributed by atoms with Gasteiger partial charge in [0, 0.05) is 43.8 Å². The standard InChI is InChI=1S/C20H31N3O2/c1-6-22(5)18(24)16-9-7-8-10-17(16)23-13-11-15(12-14-23)21-19(25)20(2,3)4/h7-10,15H,6,11-14H2,1-5H3,(H,21,25). The number of benzene rings is 1. The number of para-hydroxylation sites is 1. The number of nitrogens with zero attached hydrogens (tertiary/aromatic N) is 2. The monoisotopic (exact) mass is 345 g/mol. The molecule has 1 aliphatic rings.